The topological polar surface area (TPSA) is 42.4 Å². The molecule has 0 fully saturated rings. The Kier molecular flexibility index (Phi) is 4.22. The standard InChI is InChI=1S/C15H18N2OS/c1-3-17(10-12-7-5-9-18-12)14-11(2)6-4-8-13(14)15(16)19/h4-9H,3,10H2,1-2H3,(H2,16,19). The highest BCUT2D eigenvalue weighted by atomic mass is 32.1. The summed E-state index contributed by atoms with van der Waals surface area (Å²) in [5.41, 5.74) is 9.01. The molecule has 3 nitrogen and oxygen atoms in total. The Morgan fingerprint density at radius 2 is 2.11 bits per heavy atom. The van der Waals surface area contributed by atoms with Crippen LogP contribution >= 0.6 is 12.2 Å². The van der Waals surface area contributed by atoms with Crippen molar-refractivity contribution in [1.29, 1.82) is 0 Å². The van der Waals surface area contributed by atoms with Gasteiger partial charge in [0.25, 0.3) is 0 Å². The van der Waals surface area contributed by atoms with Crippen molar-refractivity contribution in [2.75, 3.05) is 11.4 Å². The molecule has 0 spiro atoms. The lowest BCUT2D eigenvalue weighted by molar-refractivity contribution is 0.503. The number of furan rings is 1. The van der Waals surface area contributed by atoms with E-state index < -0.39 is 0 Å². The minimum Gasteiger partial charge on any atom is -0.467 e. The third kappa shape index (κ3) is 2.96. The molecule has 1 aromatic heterocycles. The van der Waals surface area contributed by atoms with Crippen molar-refractivity contribution < 1.29 is 4.42 Å². The van der Waals surface area contributed by atoms with E-state index in [0.29, 0.717) is 11.5 Å². The maximum absolute atomic E-state index is 5.83. The smallest absolute Gasteiger partial charge is 0.123 e. The average molecular weight is 274 g/mol. The summed E-state index contributed by atoms with van der Waals surface area (Å²) in [6.45, 7) is 5.76. The molecule has 2 aromatic rings. The number of nitrogens with zero attached hydrogens (tertiary/aromatic N) is 1. The van der Waals surface area contributed by atoms with Gasteiger partial charge in [0.2, 0.25) is 0 Å². The highest BCUT2D eigenvalue weighted by Crippen LogP contribution is 2.26. The van der Waals surface area contributed by atoms with Crippen LogP contribution in [-0.2, 0) is 6.54 Å². The molecule has 4 heteroatoms. The van der Waals surface area contributed by atoms with Crippen molar-refractivity contribution in [1.82, 2.24) is 0 Å². The fourth-order valence-corrected chi connectivity index (χ4v) is 2.38. The molecular weight excluding hydrogens is 256 g/mol. The Hall–Kier alpha value is -1.81. The van der Waals surface area contributed by atoms with Crippen molar-refractivity contribution >= 4 is 22.9 Å². The normalized spacial score (nSPS) is 10.4. The molecule has 0 saturated carbocycles. The second-order valence-electron chi connectivity index (χ2n) is 4.43. The number of para-hydroxylation sites is 1. The first-order valence-corrected chi connectivity index (χ1v) is 6.71. The van der Waals surface area contributed by atoms with Crippen molar-refractivity contribution in [3.63, 3.8) is 0 Å². The Labute approximate surface area is 119 Å². The Balaban J connectivity index is 2.40. The third-order valence-corrected chi connectivity index (χ3v) is 3.35. The van der Waals surface area contributed by atoms with Gasteiger partial charge < -0.3 is 15.1 Å². The van der Waals surface area contributed by atoms with E-state index in [4.69, 9.17) is 22.4 Å². The van der Waals surface area contributed by atoms with Crippen molar-refractivity contribution in [3.8, 4) is 0 Å². The van der Waals surface area contributed by atoms with Gasteiger partial charge in [-0.25, -0.2) is 0 Å². The molecule has 0 unspecified atom stereocenters. The summed E-state index contributed by atoms with van der Waals surface area (Å²) in [4.78, 5) is 2.65. The van der Waals surface area contributed by atoms with Gasteiger partial charge in [0, 0.05) is 12.1 Å². The molecule has 0 aliphatic rings. The maximum atomic E-state index is 5.83. The van der Waals surface area contributed by atoms with E-state index in [0.717, 1.165) is 23.6 Å². The van der Waals surface area contributed by atoms with E-state index >= 15 is 0 Å². The van der Waals surface area contributed by atoms with Gasteiger partial charge >= 0.3 is 0 Å². The van der Waals surface area contributed by atoms with Gasteiger partial charge in [0.15, 0.2) is 0 Å². The van der Waals surface area contributed by atoms with Crippen LogP contribution in [0, 0.1) is 6.92 Å². The zero-order valence-electron chi connectivity index (χ0n) is 11.2. The molecule has 100 valence electrons. The van der Waals surface area contributed by atoms with Crippen LogP contribution in [0.3, 0.4) is 0 Å². The Morgan fingerprint density at radius 3 is 2.68 bits per heavy atom. The number of nitrogens with two attached hydrogens (primary N) is 1. The van der Waals surface area contributed by atoms with Gasteiger partial charge in [-0.05, 0) is 37.6 Å². The number of benzene rings is 1. The molecule has 0 radical (unpaired) electrons. The second-order valence-corrected chi connectivity index (χ2v) is 4.87. The number of hydrogen-bond donors (Lipinski definition) is 1. The zero-order valence-corrected chi connectivity index (χ0v) is 12.0. The van der Waals surface area contributed by atoms with Crippen LogP contribution in [0.25, 0.3) is 0 Å². The first-order chi connectivity index (χ1) is 9.13. The van der Waals surface area contributed by atoms with E-state index in [1.54, 1.807) is 6.26 Å². The Morgan fingerprint density at radius 1 is 1.32 bits per heavy atom. The summed E-state index contributed by atoms with van der Waals surface area (Å²) in [6, 6.07) is 9.89. The van der Waals surface area contributed by atoms with E-state index in [-0.39, 0.29) is 0 Å². The van der Waals surface area contributed by atoms with Crippen molar-refractivity contribution in [2.45, 2.75) is 20.4 Å². The van der Waals surface area contributed by atoms with Gasteiger partial charge in [-0.2, -0.15) is 0 Å². The molecule has 0 aliphatic carbocycles. The van der Waals surface area contributed by atoms with Crippen molar-refractivity contribution in [3.05, 3.63) is 53.5 Å². The number of anilines is 1. The van der Waals surface area contributed by atoms with Gasteiger partial charge in [-0.1, -0.05) is 24.4 Å². The predicted octanol–water partition coefficient (Wildman–Crippen LogP) is 3.25. The molecule has 0 amide bonds. The summed E-state index contributed by atoms with van der Waals surface area (Å²) in [6.07, 6.45) is 1.69. The van der Waals surface area contributed by atoms with E-state index in [1.165, 1.54) is 5.56 Å². The molecule has 1 heterocycles. The molecule has 2 N–H and O–H groups in total. The minimum absolute atomic E-state index is 0.427. The number of hydrogen-bond acceptors (Lipinski definition) is 3. The summed E-state index contributed by atoms with van der Waals surface area (Å²) in [5.74, 6) is 0.930. The lowest BCUT2D eigenvalue weighted by Crippen LogP contribution is -2.26. The fourth-order valence-electron chi connectivity index (χ4n) is 2.22. The lowest BCUT2D eigenvalue weighted by Gasteiger charge is -2.26. The number of thiocarbonyl (C=S) groups is 1. The van der Waals surface area contributed by atoms with E-state index in [2.05, 4.69) is 24.8 Å². The zero-order chi connectivity index (χ0) is 13.8. The molecule has 0 bridgehead atoms. The fraction of sp³-hybridized carbons (Fsp3) is 0.267. The molecule has 2 rings (SSSR count). The van der Waals surface area contributed by atoms with Crippen LogP contribution in [0.5, 0.6) is 0 Å². The number of rotatable bonds is 5. The largest absolute Gasteiger partial charge is 0.467 e. The van der Waals surface area contributed by atoms with Gasteiger partial charge in [-0.3, -0.25) is 0 Å². The Bertz CT molecular complexity index is 564. The van der Waals surface area contributed by atoms with Crippen LogP contribution in [0.15, 0.2) is 41.0 Å². The average Bonchev–Trinajstić information content (AvgIpc) is 2.89. The molecule has 0 saturated heterocycles. The SMILES string of the molecule is CCN(Cc1ccco1)c1c(C)cccc1C(N)=S. The highest BCUT2D eigenvalue weighted by molar-refractivity contribution is 7.80. The van der Waals surface area contributed by atoms with E-state index in [1.807, 2.05) is 24.3 Å². The number of aryl methyl sites for hydroxylation is 1. The van der Waals surface area contributed by atoms with Crippen LogP contribution < -0.4 is 10.6 Å². The van der Waals surface area contributed by atoms with Crippen LogP contribution in [-0.4, -0.2) is 11.5 Å². The maximum Gasteiger partial charge on any atom is 0.123 e. The monoisotopic (exact) mass is 274 g/mol. The van der Waals surface area contributed by atoms with Crippen LogP contribution in [0.1, 0.15) is 23.8 Å². The first kappa shape index (κ1) is 13.6. The minimum atomic E-state index is 0.427. The molecule has 19 heavy (non-hydrogen) atoms. The molecule has 0 atom stereocenters. The van der Waals surface area contributed by atoms with Gasteiger partial charge in [0.05, 0.1) is 18.5 Å². The van der Waals surface area contributed by atoms with Gasteiger partial charge in [0.1, 0.15) is 10.7 Å². The van der Waals surface area contributed by atoms with Crippen LogP contribution in [0.4, 0.5) is 5.69 Å². The summed E-state index contributed by atoms with van der Waals surface area (Å²) in [7, 11) is 0. The summed E-state index contributed by atoms with van der Waals surface area (Å²) >= 11 is 5.15. The molecule has 0 aliphatic heterocycles. The molecular formula is C15H18N2OS. The quantitative estimate of drug-likeness (QED) is 0.850. The summed E-state index contributed by atoms with van der Waals surface area (Å²) in [5, 5.41) is 0. The molecule has 1 aromatic carbocycles. The highest BCUT2D eigenvalue weighted by Gasteiger charge is 2.15. The first-order valence-electron chi connectivity index (χ1n) is 6.30. The predicted molar refractivity (Wildman–Crippen MR) is 82.5 cm³/mol. The lowest BCUT2D eigenvalue weighted by atomic mass is 10.1. The summed E-state index contributed by atoms with van der Waals surface area (Å²) < 4.78 is 5.42. The third-order valence-electron chi connectivity index (χ3n) is 3.13. The van der Waals surface area contributed by atoms with E-state index in [9.17, 15) is 0 Å². The second kappa shape index (κ2) is 5.89. The van der Waals surface area contributed by atoms with Gasteiger partial charge in [-0.15, -0.1) is 0 Å². The van der Waals surface area contributed by atoms with Crippen molar-refractivity contribution in [2.24, 2.45) is 5.73 Å². The van der Waals surface area contributed by atoms with Crippen LogP contribution in [0.2, 0.25) is 0 Å².